The molecule has 2 amide bonds. The molecular formula is C10H20N4O2. The van der Waals surface area contributed by atoms with E-state index in [0.717, 1.165) is 13.0 Å². The molecule has 6 heteroatoms. The van der Waals surface area contributed by atoms with Crippen molar-refractivity contribution in [3.8, 4) is 0 Å². The standard InChI is InChI=1S/C10H20N4O2/c1-7(8(15)13-11)14-5-4-10(2,6-14)9(16)12-3/h7H,4-6,11H2,1-3H3,(H,12,16)(H,13,15). The Morgan fingerprint density at radius 3 is 2.62 bits per heavy atom. The fourth-order valence-electron chi connectivity index (χ4n) is 2.10. The smallest absolute Gasteiger partial charge is 0.250 e. The Morgan fingerprint density at radius 1 is 1.50 bits per heavy atom. The van der Waals surface area contributed by atoms with Crippen LogP contribution in [-0.4, -0.2) is 42.9 Å². The molecule has 0 aromatic heterocycles. The summed E-state index contributed by atoms with van der Waals surface area (Å²) in [6.45, 7) is 5.02. The van der Waals surface area contributed by atoms with Crippen LogP contribution in [0.1, 0.15) is 20.3 Å². The molecule has 6 nitrogen and oxygen atoms in total. The van der Waals surface area contributed by atoms with Gasteiger partial charge in [0.25, 0.3) is 5.91 Å². The van der Waals surface area contributed by atoms with Gasteiger partial charge in [-0.3, -0.25) is 19.9 Å². The fourth-order valence-corrected chi connectivity index (χ4v) is 2.10. The zero-order chi connectivity index (χ0) is 12.3. The zero-order valence-corrected chi connectivity index (χ0v) is 10.0. The van der Waals surface area contributed by atoms with Crippen molar-refractivity contribution in [2.45, 2.75) is 26.3 Å². The molecular weight excluding hydrogens is 208 g/mol. The van der Waals surface area contributed by atoms with Gasteiger partial charge in [0.15, 0.2) is 0 Å². The quantitative estimate of drug-likeness (QED) is 0.322. The van der Waals surface area contributed by atoms with Crippen LogP contribution in [0.2, 0.25) is 0 Å². The molecule has 0 bridgehead atoms. The van der Waals surface area contributed by atoms with Gasteiger partial charge in [0.05, 0.1) is 11.5 Å². The van der Waals surface area contributed by atoms with Gasteiger partial charge in [0, 0.05) is 20.1 Å². The topological polar surface area (TPSA) is 87.5 Å². The second-order valence-corrected chi connectivity index (χ2v) is 4.54. The molecule has 1 fully saturated rings. The number of hydrogen-bond donors (Lipinski definition) is 3. The summed E-state index contributed by atoms with van der Waals surface area (Å²) in [6, 6.07) is -0.295. The molecule has 16 heavy (non-hydrogen) atoms. The van der Waals surface area contributed by atoms with Crippen LogP contribution >= 0.6 is 0 Å². The molecule has 0 radical (unpaired) electrons. The third kappa shape index (κ3) is 2.33. The maximum absolute atomic E-state index is 11.7. The summed E-state index contributed by atoms with van der Waals surface area (Å²) in [5.74, 6) is 4.89. The highest BCUT2D eigenvalue weighted by molar-refractivity contribution is 5.83. The van der Waals surface area contributed by atoms with Crippen molar-refractivity contribution in [3.05, 3.63) is 0 Å². The molecule has 0 aromatic rings. The lowest BCUT2D eigenvalue weighted by molar-refractivity contribution is -0.130. The van der Waals surface area contributed by atoms with Crippen molar-refractivity contribution in [2.75, 3.05) is 20.1 Å². The minimum atomic E-state index is -0.405. The van der Waals surface area contributed by atoms with Gasteiger partial charge < -0.3 is 5.32 Å². The summed E-state index contributed by atoms with van der Waals surface area (Å²) in [7, 11) is 1.63. The minimum Gasteiger partial charge on any atom is -0.359 e. The number of nitrogens with two attached hydrogens (primary N) is 1. The van der Waals surface area contributed by atoms with Crippen LogP contribution in [0.25, 0.3) is 0 Å². The monoisotopic (exact) mass is 228 g/mol. The maximum atomic E-state index is 11.7. The van der Waals surface area contributed by atoms with E-state index >= 15 is 0 Å². The van der Waals surface area contributed by atoms with Crippen molar-refractivity contribution in [2.24, 2.45) is 11.3 Å². The number of carbonyl (C=O) groups is 2. The third-order valence-corrected chi connectivity index (χ3v) is 3.35. The first-order valence-electron chi connectivity index (χ1n) is 5.41. The van der Waals surface area contributed by atoms with Gasteiger partial charge in [-0.25, -0.2) is 5.84 Å². The Kier molecular flexibility index (Phi) is 3.88. The van der Waals surface area contributed by atoms with E-state index in [4.69, 9.17) is 5.84 Å². The molecule has 2 atom stereocenters. The predicted octanol–water partition coefficient (Wildman–Crippen LogP) is -1.18. The number of likely N-dealkylation sites (tertiary alicyclic amines) is 1. The molecule has 0 aliphatic carbocycles. The van der Waals surface area contributed by atoms with Crippen molar-refractivity contribution in [1.29, 1.82) is 0 Å². The summed E-state index contributed by atoms with van der Waals surface area (Å²) in [4.78, 5) is 25.0. The Balaban J connectivity index is 2.65. The average molecular weight is 228 g/mol. The van der Waals surface area contributed by atoms with Gasteiger partial charge in [-0.2, -0.15) is 0 Å². The lowest BCUT2D eigenvalue weighted by Gasteiger charge is -2.25. The Labute approximate surface area is 95.5 Å². The number of amides is 2. The molecule has 0 aromatic carbocycles. The first-order chi connectivity index (χ1) is 7.44. The van der Waals surface area contributed by atoms with E-state index < -0.39 is 5.41 Å². The number of nitrogens with one attached hydrogen (secondary N) is 2. The molecule has 4 N–H and O–H groups in total. The van der Waals surface area contributed by atoms with Crippen LogP contribution in [0, 0.1) is 5.41 Å². The van der Waals surface area contributed by atoms with Crippen LogP contribution in [0.5, 0.6) is 0 Å². The van der Waals surface area contributed by atoms with Gasteiger partial charge in [-0.15, -0.1) is 0 Å². The molecule has 0 spiro atoms. The molecule has 2 unspecified atom stereocenters. The highest BCUT2D eigenvalue weighted by Crippen LogP contribution is 2.31. The van der Waals surface area contributed by atoms with Crippen molar-refractivity contribution in [1.82, 2.24) is 15.6 Å². The SMILES string of the molecule is CNC(=O)C1(C)CCN(C(C)C(=O)NN)C1. The third-order valence-electron chi connectivity index (χ3n) is 3.35. The van der Waals surface area contributed by atoms with E-state index in [-0.39, 0.29) is 17.9 Å². The average Bonchev–Trinajstić information content (AvgIpc) is 2.70. The number of nitrogens with zero attached hydrogens (tertiary/aromatic N) is 1. The number of carbonyl (C=O) groups excluding carboxylic acids is 2. The summed E-state index contributed by atoms with van der Waals surface area (Å²) in [5.41, 5.74) is 1.73. The van der Waals surface area contributed by atoms with E-state index in [1.165, 1.54) is 0 Å². The molecule has 1 rings (SSSR count). The molecule has 1 aliphatic heterocycles. The first-order valence-corrected chi connectivity index (χ1v) is 5.41. The minimum absolute atomic E-state index is 0.0235. The van der Waals surface area contributed by atoms with Gasteiger partial charge in [-0.1, -0.05) is 0 Å². The Bertz CT molecular complexity index is 295. The normalized spacial score (nSPS) is 27.5. The first kappa shape index (κ1) is 12.9. The lowest BCUT2D eigenvalue weighted by Crippen LogP contribution is -2.48. The largest absolute Gasteiger partial charge is 0.359 e. The number of hydrogen-bond acceptors (Lipinski definition) is 4. The van der Waals surface area contributed by atoms with E-state index in [2.05, 4.69) is 10.7 Å². The summed E-state index contributed by atoms with van der Waals surface area (Å²) in [6.07, 6.45) is 0.759. The van der Waals surface area contributed by atoms with Crippen molar-refractivity contribution < 1.29 is 9.59 Å². The molecule has 0 saturated carbocycles. The molecule has 1 heterocycles. The zero-order valence-electron chi connectivity index (χ0n) is 10.0. The van der Waals surface area contributed by atoms with Gasteiger partial charge >= 0.3 is 0 Å². The molecule has 92 valence electrons. The van der Waals surface area contributed by atoms with Gasteiger partial charge in [-0.05, 0) is 20.3 Å². The second-order valence-electron chi connectivity index (χ2n) is 4.54. The Morgan fingerprint density at radius 2 is 2.12 bits per heavy atom. The summed E-state index contributed by atoms with van der Waals surface area (Å²) in [5, 5.41) is 2.66. The van der Waals surface area contributed by atoms with Gasteiger partial charge in [0.1, 0.15) is 0 Å². The fraction of sp³-hybridized carbons (Fsp3) is 0.800. The molecule has 1 saturated heterocycles. The Hall–Kier alpha value is -1.14. The summed E-state index contributed by atoms with van der Waals surface area (Å²) >= 11 is 0. The van der Waals surface area contributed by atoms with E-state index in [1.54, 1.807) is 14.0 Å². The van der Waals surface area contributed by atoms with Crippen LogP contribution in [-0.2, 0) is 9.59 Å². The molecule has 1 aliphatic rings. The lowest BCUT2D eigenvalue weighted by atomic mass is 9.89. The van der Waals surface area contributed by atoms with Gasteiger partial charge in [0.2, 0.25) is 5.91 Å². The highest BCUT2D eigenvalue weighted by Gasteiger charge is 2.42. The van der Waals surface area contributed by atoms with E-state index in [1.807, 2.05) is 11.8 Å². The second kappa shape index (κ2) is 4.80. The highest BCUT2D eigenvalue weighted by atomic mass is 16.2. The van der Waals surface area contributed by atoms with Crippen LogP contribution in [0.15, 0.2) is 0 Å². The maximum Gasteiger partial charge on any atom is 0.250 e. The van der Waals surface area contributed by atoms with E-state index in [0.29, 0.717) is 6.54 Å². The summed E-state index contributed by atoms with van der Waals surface area (Å²) < 4.78 is 0. The number of hydrazine groups is 1. The van der Waals surface area contributed by atoms with Crippen LogP contribution in [0.4, 0.5) is 0 Å². The number of rotatable bonds is 3. The van der Waals surface area contributed by atoms with Crippen LogP contribution < -0.4 is 16.6 Å². The van der Waals surface area contributed by atoms with Crippen molar-refractivity contribution >= 4 is 11.8 Å². The van der Waals surface area contributed by atoms with Crippen LogP contribution in [0.3, 0.4) is 0 Å². The van der Waals surface area contributed by atoms with Crippen molar-refractivity contribution in [3.63, 3.8) is 0 Å². The van der Waals surface area contributed by atoms with E-state index in [9.17, 15) is 9.59 Å². The predicted molar refractivity (Wildman–Crippen MR) is 60.2 cm³/mol.